The molecule has 5 heteroatoms. The highest BCUT2D eigenvalue weighted by Crippen LogP contribution is 2.45. The second-order valence-electron chi connectivity index (χ2n) is 15.9. The molecule has 0 unspecified atom stereocenters. The second-order valence-corrected chi connectivity index (χ2v) is 15.9. The SMILES string of the molecule is c1ccc(-c2nc(-c3ccccc3)nc(-c3cc(-n4c5ccccc5c5ccc6c(c7ccccc7n6-c6ccccc6)c54)cc4c5ccccc5c5ccccc5c34)n2)cc1. The molecule has 0 aliphatic carbocycles. The van der Waals surface area contributed by atoms with Crippen molar-refractivity contribution in [3.63, 3.8) is 0 Å². The van der Waals surface area contributed by atoms with Crippen LogP contribution in [0.5, 0.6) is 0 Å². The van der Waals surface area contributed by atoms with E-state index in [9.17, 15) is 0 Å². The number of para-hydroxylation sites is 3. The van der Waals surface area contributed by atoms with Crippen molar-refractivity contribution in [2.45, 2.75) is 0 Å². The number of rotatable bonds is 5. The number of nitrogens with zero attached hydrogens (tertiary/aromatic N) is 5. The summed E-state index contributed by atoms with van der Waals surface area (Å²) in [6.45, 7) is 0. The Bertz CT molecular complexity index is 3850. The van der Waals surface area contributed by atoms with Gasteiger partial charge in [-0.3, -0.25) is 0 Å². The molecule has 0 aliphatic heterocycles. The fourth-order valence-corrected chi connectivity index (χ4v) is 9.88. The van der Waals surface area contributed by atoms with Gasteiger partial charge in [-0.05, 0) is 69.4 Å². The molecule has 10 aromatic carbocycles. The van der Waals surface area contributed by atoms with E-state index in [0.717, 1.165) is 60.8 Å². The summed E-state index contributed by atoms with van der Waals surface area (Å²) in [4.78, 5) is 15.9. The summed E-state index contributed by atoms with van der Waals surface area (Å²) in [5, 5.41) is 11.8. The van der Waals surface area contributed by atoms with Gasteiger partial charge < -0.3 is 9.13 Å². The zero-order chi connectivity index (χ0) is 40.7. The maximum absolute atomic E-state index is 5.38. The molecule has 62 heavy (non-hydrogen) atoms. The summed E-state index contributed by atoms with van der Waals surface area (Å²) in [6.07, 6.45) is 0. The van der Waals surface area contributed by atoms with Gasteiger partial charge in [0.25, 0.3) is 0 Å². The number of fused-ring (bicyclic) bond motifs is 13. The van der Waals surface area contributed by atoms with Crippen molar-refractivity contribution in [3.05, 3.63) is 212 Å². The molecule has 0 saturated heterocycles. The number of hydrogen-bond acceptors (Lipinski definition) is 3. The highest BCUT2D eigenvalue weighted by Gasteiger charge is 2.24. The van der Waals surface area contributed by atoms with Gasteiger partial charge in [0.15, 0.2) is 17.5 Å². The van der Waals surface area contributed by atoms with Crippen molar-refractivity contribution >= 4 is 75.9 Å². The topological polar surface area (TPSA) is 48.5 Å². The van der Waals surface area contributed by atoms with Gasteiger partial charge >= 0.3 is 0 Å². The van der Waals surface area contributed by atoms with E-state index in [1.807, 2.05) is 36.4 Å². The third-order valence-electron chi connectivity index (χ3n) is 12.5. The first-order valence-electron chi connectivity index (χ1n) is 21.0. The lowest BCUT2D eigenvalue weighted by Crippen LogP contribution is -2.02. The lowest BCUT2D eigenvalue weighted by Gasteiger charge is -2.18. The van der Waals surface area contributed by atoms with E-state index in [4.69, 9.17) is 15.0 Å². The standard InChI is InChI=1S/C57H35N5/c1-4-18-36(19-5-1)55-58-56(37-20-6-2-7-21-37)60-57(59-55)48-35-39(34-47-42-26-11-10-24-40(42)41-25-12-13-28-44(41)52(47)48)62-49-30-16-14-27-43(49)45-32-33-51-53(54(45)62)46-29-15-17-31-50(46)61(51)38-22-8-3-9-23-38/h1-35H. The molecule has 13 rings (SSSR count). The van der Waals surface area contributed by atoms with E-state index in [0.29, 0.717) is 17.5 Å². The molecule has 0 spiro atoms. The van der Waals surface area contributed by atoms with Crippen LogP contribution >= 0.6 is 0 Å². The monoisotopic (exact) mass is 789 g/mol. The van der Waals surface area contributed by atoms with E-state index < -0.39 is 0 Å². The predicted molar refractivity (Wildman–Crippen MR) is 257 cm³/mol. The Hall–Kier alpha value is -8.41. The summed E-state index contributed by atoms with van der Waals surface area (Å²) in [6, 6.07) is 75.6. The Balaban J connectivity index is 1.22. The summed E-state index contributed by atoms with van der Waals surface area (Å²) < 4.78 is 4.89. The molecule has 0 saturated carbocycles. The smallest absolute Gasteiger partial charge is 0.164 e. The zero-order valence-electron chi connectivity index (χ0n) is 33.4. The number of aromatic nitrogens is 5. The maximum Gasteiger partial charge on any atom is 0.164 e. The molecule has 288 valence electrons. The molecule has 0 amide bonds. The first-order valence-corrected chi connectivity index (χ1v) is 21.0. The fourth-order valence-electron chi connectivity index (χ4n) is 9.88. The van der Waals surface area contributed by atoms with Crippen LogP contribution in [-0.2, 0) is 0 Å². The first kappa shape index (κ1) is 34.5. The number of hydrogen-bond donors (Lipinski definition) is 0. The molecule has 0 atom stereocenters. The van der Waals surface area contributed by atoms with Crippen LogP contribution in [0.1, 0.15) is 0 Å². The molecule has 3 aromatic heterocycles. The minimum absolute atomic E-state index is 0.622. The van der Waals surface area contributed by atoms with E-state index in [1.54, 1.807) is 0 Å². The molecule has 0 fully saturated rings. The van der Waals surface area contributed by atoms with Gasteiger partial charge in [-0.15, -0.1) is 0 Å². The first-order chi connectivity index (χ1) is 30.8. The van der Waals surface area contributed by atoms with Gasteiger partial charge in [0, 0.05) is 55.0 Å². The van der Waals surface area contributed by atoms with Crippen LogP contribution in [0.3, 0.4) is 0 Å². The van der Waals surface area contributed by atoms with E-state index in [-0.39, 0.29) is 0 Å². The maximum atomic E-state index is 5.38. The summed E-state index contributed by atoms with van der Waals surface area (Å²) in [5.74, 6) is 1.88. The molecular formula is C57H35N5. The molecule has 3 heterocycles. The van der Waals surface area contributed by atoms with Crippen LogP contribution < -0.4 is 0 Å². The Morgan fingerprint density at radius 1 is 0.274 bits per heavy atom. The third kappa shape index (κ3) is 5.12. The molecule has 0 radical (unpaired) electrons. The Morgan fingerprint density at radius 2 is 0.758 bits per heavy atom. The van der Waals surface area contributed by atoms with Crippen LogP contribution in [0.25, 0.3) is 121 Å². The largest absolute Gasteiger partial charge is 0.309 e. The Kier molecular flexibility index (Phi) is 7.54. The van der Waals surface area contributed by atoms with Gasteiger partial charge in [-0.1, -0.05) is 170 Å². The summed E-state index contributed by atoms with van der Waals surface area (Å²) in [7, 11) is 0. The van der Waals surface area contributed by atoms with Gasteiger partial charge in [0.05, 0.1) is 22.1 Å². The quantitative estimate of drug-likeness (QED) is 0.163. The normalized spacial score (nSPS) is 11.9. The van der Waals surface area contributed by atoms with Crippen molar-refractivity contribution in [3.8, 4) is 45.5 Å². The summed E-state index contributed by atoms with van der Waals surface area (Å²) >= 11 is 0. The van der Waals surface area contributed by atoms with Crippen LogP contribution in [-0.4, -0.2) is 24.1 Å². The summed E-state index contributed by atoms with van der Waals surface area (Å²) in [5.41, 5.74) is 9.60. The molecule has 13 aromatic rings. The highest BCUT2D eigenvalue weighted by atomic mass is 15.0. The Labute approximate surface area is 356 Å². The minimum Gasteiger partial charge on any atom is -0.309 e. The lowest BCUT2D eigenvalue weighted by atomic mass is 9.91. The van der Waals surface area contributed by atoms with Crippen LogP contribution in [0.2, 0.25) is 0 Å². The van der Waals surface area contributed by atoms with Gasteiger partial charge in [0.1, 0.15) is 0 Å². The number of benzene rings is 10. The minimum atomic E-state index is 0.622. The van der Waals surface area contributed by atoms with Crippen LogP contribution in [0.4, 0.5) is 0 Å². The van der Waals surface area contributed by atoms with Crippen molar-refractivity contribution in [1.29, 1.82) is 0 Å². The Morgan fingerprint density at radius 3 is 1.40 bits per heavy atom. The van der Waals surface area contributed by atoms with Gasteiger partial charge in [-0.25, -0.2) is 15.0 Å². The van der Waals surface area contributed by atoms with Crippen molar-refractivity contribution < 1.29 is 0 Å². The second kappa shape index (κ2) is 13.6. The molecule has 0 bridgehead atoms. The van der Waals surface area contributed by atoms with Crippen molar-refractivity contribution in [1.82, 2.24) is 24.1 Å². The molecule has 0 aliphatic rings. The molecule has 5 nitrogen and oxygen atoms in total. The van der Waals surface area contributed by atoms with Crippen molar-refractivity contribution in [2.24, 2.45) is 0 Å². The van der Waals surface area contributed by atoms with E-state index >= 15 is 0 Å². The average Bonchev–Trinajstić information content (AvgIpc) is 3.87. The lowest BCUT2D eigenvalue weighted by molar-refractivity contribution is 1.07. The van der Waals surface area contributed by atoms with Crippen LogP contribution in [0, 0.1) is 0 Å². The highest BCUT2D eigenvalue weighted by molar-refractivity contribution is 6.30. The zero-order valence-corrected chi connectivity index (χ0v) is 33.4. The molecular weight excluding hydrogens is 755 g/mol. The third-order valence-corrected chi connectivity index (χ3v) is 12.5. The van der Waals surface area contributed by atoms with Gasteiger partial charge in [-0.2, -0.15) is 0 Å². The van der Waals surface area contributed by atoms with E-state index in [2.05, 4.69) is 185 Å². The average molecular weight is 790 g/mol. The fraction of sp³-hybridized carbons (Fsp3) is 0. The van der Waals surface area contributed by atoms with Crippen molar-refractivity contribution in [2.75, 3.05) is 0 Å². The molecule has 0 N–H and O–H groups in total. The van der Waals surface area contributed by atoms with Crippen LogP contribution in [0.15, 0.2) is 212 Å². The van der Waals surface area contributed by atoms with Gasteiger partial charge in [0.2, 0.25) is 0 Å². The predicted octanol–water partition coefficient (Wildman–Crippen LogP) is 14.5. The van der Waals surface area contributed by atoms with E-state index in [1.165, 1.54) is 43.2 Å².